The van der Waals surface area contributed by atoms with E-state index in [1.807, 2.05) is 0 Å². The summed E-state index contributed by atoms with van der Waals surface area (Å²) in [6.07, 6.45) is 1.40. The third kappa shape index (κ3) is 8.86. The van der Waals surface area contributed by atoms with Crippen LogP contribution in [0.5, 0.6) is 23.0 Å². The lowest BCUT2D eigenvalue weighted by Crippen LogP contribution is -2.45. The van der Waals surface area contributed by atoms with Crippen LogP contribution in [0.4, 0.5) is 4.79 Å². The molecule has 14 heteroatoms. The molecule has 3 N–H and O–H groups in total. The van der Waals surface area contributed by atoms with Crippen LogP contribution in [-0.4, -0.2) is 70.7 Å². The Bertz CT molecular complexity index is 1410. The van der Waals surface area contributed by atoms with Crippen molar-refractivity contribution in [3.05, 3.63) is 58.8 Å². The molecule has 2 aromatic carbocycles. The average Bonchev–Trinajstić information content (AvgIpc) is 2.99. The van der Waals surface area contributed by atoms with Crippen LogP contribution < -0.4 is 35.0 Å². The molecule has 3 rings (SSSR count). The first-order chi connectivity index (χ1) is 20.7. The zero-order chi connectivity index (χ0) is 31.4. The van der Waals surface area contributed by atoms with Gasteiger partial charge in [-0.05, 0) is 62.2 Å². The number of rotatable bonds is 14. The number of hydrogen-bond donors (Lipinski definition) is 3. The van der Waals surface area contributed by atoms with Crippen LogP contribution in [0.15, 0.2) is 52.8 Å². The van der Waals surface area contributed by atoms with Crippen molar-refractivity contribution < 1.29 is 47.6 Å². The Morgan fingerprint density at radius 3 is 2.23 bits per heavy atom. The van der Waals surface area contributed by atoms with E-state index in [2.05, 4.69) is 21.2 Å². The number of amides is 3. The van der Waals surface area contributed by atoms with E-state index in [1.165, 1.54) is 20.4 Å². The van der Waals surface area contributed by atoms with Crippen molar-refractivity contribution in [3.8, 4) is 23.0 Å². The SMILES string of the molecule is CCOC(=O)COc1ccc(/C=N\NC(=O)COc2ccc([C@H]3NC(=O)NC(C)=C3C(=O)OCC)cc2OC)cc1OC. The first kappa shape index (κ1) is 32.2. The second-order valence-electron chi connectivity index (χ2n) is 8.79. The number of urea groups is 1. The van der Waals surface area contributed by atoms with Gasteiger partial charge in [0, 0.05) is 5.70 Å². The fourth-order valence-electron chi connectivity index (χ4n) is 3.98. The third-order valence-electron chi connectivity index (χ3n) is 5.89. The average molecular weight is 599 g/mol. The quantitative estimate of drug-likeness (QED) is 0.167. The van der Waals surface area contributed by atoms with Crippen LogP contribution in [0.25, 0.3) is 0 Å². The van der Waals surface area contributed by atoms with Crippen molar-refractivity contribution in [1.82, 2.24) is 16.1 Å². The predicted octanol–water partition coefficient (Wildman–Crippen LogP) is 2.37. The Kier molecular flexibility index (Phi) is 11.7. The summed E-state index contributed by atoms with van der Waals surface area (Å²) in [6, 6.07) is 8.43. The van der Waals surface area contributed by atoms with Crippen LogP contribution in [0.2, 0.25) is 0 Å². The predicted molar refractivity (Wildman–Crippen MR) is 153 cm³/mol. The first-order valence-corrected chi connectivity index (χ1v) is 13.2. The molecule has 3 amide bonds. The van der Waals surface area contributed by atoms with Gasteiger partial charge in [-0.1, -0.05) is 6.07 Å². The number of hydrazone groups is 1. The number of carbonyl (C=O) groups excluding carboxylic acids is 4. The summed E-state index contributed by atoms with van der Waals surface area (Å²) in [5.41, 5.74) is 4.14. The van der Waals surface area contributed by atoms with Gasteiger partial charge >= 0.3 is 18.0 Å². The Labute approximate surface area is 248 Å². The zero-order valence-corrected chi connectivity index (χ0v) is 24.5. The fourth-order valence-corrected chi connectivity index (χ4v) is 3.98. The number of methoxy groups -OCH3 is 2. The van der Waals surface area contributed by atoms with Gasteiger partial charge < -0.3 is 39.1 Å². The van der Waals surface area contributed by atoms with Crippen LogP contribution in [0.1, 0.15) is 37.9 Å². The van der Waals surface area contributed by atoms with E-state index >= 15 is 0 Å². The van der Waals surface area contributed by atoms with Crippen LogP contribution in [0.3, 0.4) is 0 Å². The van der Waals surface area contributed by atoms with Gasteiger partial charge in [0.25, 0.3) is 5.91 Å². The van der Waals surface area contributed by atoms with E-state index in [0.717, 1.165) is 0 Å². The smallest absolute Gasteiger partial charge is 0.344 e. The van der Waals surface area contributed by atoms with Gasteiger partial charge in [-0.3, -0.25) is 4.79 Å². The molecule has 0 saturated carbocycles. The minimum absolute atomic E-state index is 0.173. The van der Waals surface area contributed by atoms with Gasteiger partial charge in [0.2, 0.25) is 0 Å². The zero-order valence-electron chi connectivity index (χ0n) is 24.5. The fraction of sp³-hybridized carbons (Fsp3) is 0.345. The van der Waals surface area contributed by atoms with E-state index in [1.54, 1.807) is 57.2 Å². The molecule has 0 spiro atoms. The highest BCUT2D eigenvalue weighted by molar-refractivity contribution is 5.95. The summed E-state index contributed by atoms with van der Waals surface area (Å²) in [5, 5.41) is 9.22. The third-order valence-corrected chi connectivity index (χ3v) is 5.89. The molecule has 1 aliphatic rings. The summed E-state index contributed by atoms with van der Waals surface area (Å²) in [7, 11) is 2.87. The lowest BCUT2D eigenvalue weighted by molar-refractivity contribution is -0.145. The molecule has 0 unspecified atom stereocenters. The van der Waals surface area contributed by atoms with Crippen molar-refractivity contribution in [3.63, 3.8) is 0 Å². The van der Waals surface area contributed by atoms with Gasteiger partial charge in [-0.15, -0.1) is 0 Å². The highest BCUT2D eigenvalue weighted by Crippen LogP contribution is 2.34. The van der Waals surface area contributed by atoms with Crippen molar-refractivity contribution in [2.45, 2.75) is 26.8 Å². The Hall–Kier alpha value is -5.27. The number of nitrogens with zero attached hydrogens (tertiary/aromatic N) is 1. The van der Waals surface area contributed by atoms with Crippen LogP contribution in [0, 0.1) is 0 Å². The maximum atomic E-state index is 12.6. The molecule has 1 atom stereocenters. The van der Waals surface area contributed by atoms with E-state index in [4.69, 9.17) is 28.4 Å². The lowest BCUT2D eigenvalue weighted by Gasteiger charge is -2.28. The van der Waals surface area contributed by atoms with E-state index < -0.39 is 29.9 Å². The van der Waals surface area contributed by atoms with Gasteiger partial charge in [0.15, 0.2) is 36.2 Å². The highest BCUT2D eigenvalue weighted by Gasteiger charge is 2.32. The standard InChI is InChI=1S/C29H34N4O10/c1-6-40-25(35)16-43-20-10-8-18(12-22(20)38-4)14-30-33-24(34)15-42-21-11-9-19(13-23(21)39-5)27-26(28(36)41-7-2)17(3)31-29(37)32-27/h8-14,27H,6-7,15-16H2,1-5H3,(H,33,34)(H2,31,32,37)/b30-14-/t27-/m1/s1. The number of benzene rings is 2. The summed E-state index contributed by atoms with van der Waals surface area (Å²) in [4.78, 5) is 48.6. The Balaban J connectivity index is 1.61. The lowest BCUT2D eigenvalue weighted by atomic mass is 9.95. The summed E-state index contributed by atoms with van der Waals surface area (Å²) in [6.45, 7) is 4.79. The van der Waals surface area contributed by atoms with Crippen molar-refractivity contribution in [2.24, 2.45) is 5.10 Å². The van der Waals surface area contributed by atoms with Gasteiger partial charge in [0.05, 0.1) is 45.3 Å². The number of nitrogens with one attached hydrogen (secondary N) is 3. The molecule has 0 bridgehead atoms. The van der Waals surface area contributed by atoms with Gasteiger partial charge in [-0.25, -0.2) is 19.8 Å². The summed E-state index contributed by atoms with van der Waals surface area (Å²) in [5.74, 6) is -0.368. The van der Waals surface area contributed by atoms with Crippen molar-refractivity contribution in [2.75, 3.05) is 40.6 Å². The van der Waals surface area contributed by atoms with Gasteiger partial charge in [-0.2, -0.15) is 5.10 Å². The molecular weight excluding hydrogens is 564 g/mol. The molecule has 0 fully saturated rings. The molecule has 0 saturated heterocycles. The first-order valence-electron chi connectivity index (χ1n) is 13.2. The van der Waals surface area contributed by atoms with Crippen molar-refractivity contribution >= 4 is 30.1 Å². The normalized spacial score (nSPS) is 14.3. The van der Waals surface area contributed by atoms with E-state index in [0.29, 0.717) is 28.3 Å². The number of ether oxygens (including phenoxy) is 6. The largest absolute Gasteiger partial charge is 0.493 e. The van der Waals surface area contributed by atoms with Crippen molar-refractivity contribution in [1.29, 1.82) is 0 Å². The van der Waals surface area contributed by atoms with Crippen LogP contribution >= 0.6 is 0 Å². The van der Waals surface area contributed by atoms with E-state index in [-0.39, 0.29) is 43.5 Å². The highest BCUT2D eigenvalue weighted by atomic mass is 16.6. The second-order valence-corrected chi connectivity index (χ2v) is 8.79. The number of allylic oxidation sites excluding steroid dienone is 1. The minimum atomic E-state index is -0.787. The number of carbonyl (C=O) groups is 4. The molecule has 0 aliphatic carbocycles. The molecule has 2 aromatic rings. The maximum Gasteiger partial charge on any atom is 0.344 e. The molecule has 230 valence electrons. The second kappa shape index (κ2) is 15.7. The van der Waals surface area contributed by atoms with Crippen LogP contribution in [-0.2, 0) is 23.9 Å². The number of hydrogen-bond acceptors (Lipinski definition) is 11. The van der Waals surface area contributed by atoms with Gasteiger partial charge in [0.1, 0.15) is 0 Å². The Morgan fingerprint density at radius 2 is 1.56 bits per heavy atom. The maximum absolute atomic E-state index is 12.6. The number of esters is 2. The minimum Gasteiger partial charge on any atom is -0.493 e. The molecular formula is C29H34N4O10. The molecule has 1 aliphatic heterocycles. The molecule has 43 heavy (non-hydrogen) atoms. The van der Waals surface area contributed by atoms with E-state index in [9.17, 15) is 19.2 Å². The summed E-state index contributed by atoms with van der Waals surface area (Å²) >= 11 is 0. The monoisotopic (exact) mass is 598 g/mol. The Morgan fingerprint density at radius 1 is 0.907 bits per heavy atom. The topological polar surface area (TPSA) is 172 Å². The molecule has 0 aromatic heterocycles. The molecule has 0 radical (unpaired) electrons. The summed E-state index contributed by atoms with van der Waals surface area (Å²) < 4.78 is 31.8. The molecule has 14 nitrogen and oxygen atoms in total. The molecule has 1 heterocycles.